The van der Waals surface area contributed by atoms with Crippen molar-refractivity contribution in [2.75, 3.05) is 5.32 Å². The molecule has 4 nitrogen and oxygen atoms in total. The van der Waals surface area contributed by atoms with Crippen LogP contribution in [0.2, 0.25) is 0 Å². The fourth-order valence-corrected chi connectivity index (χ4v) is 3.50. The lowest BCUT2D eigenvalue weighted by Gasteiger charge is -2.20. The standard InChI is InChI=1S/C16H15IN2O2/c17-14-10-12(8-9-16(14)19(20)21)18-15-7-3-5-11-4-1-2-6-13(11)15/h3,5,7-10,18H,1-2,4,6H2. The summed E-state index contributed by atoms with van der Waals surface area (Å²) >= 11 is 2.01. The van der Waals surface area contributed by atoms with Crippen LogP contribution in [-0.2, 0) is 12.8 Å². The van der Waals surface area contributed by atoms with Gasteiger partial charge in [0.05, 0.1) is 8.49 Å². The topological polar surface area (TPSA) is 55.2 Å². The summed E-state index contributed by atoms with van der Waals surface area (Å²) in [4.78, 5) is 10.5. The van der Waals surface area contributed by atoms with Gasteiger partial charge in [-0.15, -0.1) is 0 Å². The average Bonchev–Trinajstić information content (AvgIpc) is 2.47. The highest BCUT2D eigenvalue weighted by Crippen LogP contribution is 2.31. The first-order valence-electron chi connectivity index (χ1n) is 6.97. The van der Waals surface area contributed by atoms with Crippen molar-refractivity contribution < 1.29 is 4.92 Å². The van der Waals surface area contributed by atoms with Crippen LogP contribution in [0.5, 0.6) is 0 Å². The van der Waals surface area contributed by atoms with Gasteiger partial charge in [0.1, 0.15) is 0 Å². The van der Waals surface area contributed by atoms with Crippen molar-refractivity contribution in [3.05, 3.63) is 61.2 Å². The highest BCUT2D eigenvalue weighted by atomic mass is 127. The molecule has 0 saturated heterocycles. The molecule has 0 saturated carbocycles. The predicted octanol–water partition coefficient (Wildman–Crippen LogP) is 4.82. The van der Waals surface area contributed by atoms with Gasteiger partial charge in [-0.2, -0.15) is 0 Å². The van der Waals surface area contributed by atoms with Crippen molar-refractivity contribution in [2.45, 2.75) is 25.7 Å². The molecule has 21 heavy (non-hydrogen) atoms. The Hall–Kier alpha value is -1.63. The van der Waals surface area contributed by atoms with E-state index in [2.05, 4.69) is 23.5 Å². The Kier molecular flexibility index (Phi) is 4.10. The van der Waals surface area contributed by atoms with Crippen LogP contribution < -0.4 is 5.32 Å². The molecule has 0 aliphatic heterocycles. The van der Waals surface area contributed by atoms with Crippen molar-refractivity contribution in [3.8, 4) is 0 Å². The summed E-state index contributed by atoms with van der Waals surface area (Å²) in [7, 11) is 0. The third-order valence-corrected chi connectivity index (χ3v) is 4.68. The van der Waals surface area contributed by atoms with E-state index in [1.807, 2.05) is 28.7 Å². The van der Waals surface area contributed by atoms with Crippen LogP contribution in [0.3, 0.4) is 0 Å². The zero-order valence-electron chi connectivity index (χ0n) is 11.4. The van der Waals surface area contributed by atoms with Crippen LogP contribution in [0.1, 0.15) is 24.0 Å². The molecule has 0 unspecified atom stereocenters. The summed E-state index contributed by atoms with van der Waals surface area (Å²) in [5, 5.41) is 14.3. The molecular weight excluding hydrogens is 379 g/mol. The largest absolute Gasteiger partial charge is 0.355 e. The van der Waals surface area contributed by atoms with E-state index in [4.69, 9.17) is 0 Å². The number of hydrogen-bond acceptors (Lipinski definition) is 3. The van der Waals surface area contributed by atoms with E-state index in [-0.39, 0.29) is 10.6 Å². The second-order valence-electron chi connectivity index (χ2n) is 5.20. The molecule has 0 bridgehead atoms. The molecule has 2 aromatic rings. The normalized spacial score (nSPS) is 13.6. The van der Waals surface area contributed by atoms with Crippen molar-refractivity contribution in [2.24, 2.45) is 0 Å². The average molecular weight is 394 g/mol. The third kappa shape index (κ3) is 3.02. The minimum atomic E-state index is -0.351. The maximum atomic E-state index is 10.9. The molecule has 1 aliphatic carbocycles. The van der Waals surface area contributed by atoms with Gasteiger partial charge in [-0.25, -0.2) is 0 Å². The number of fused-ring (bicyclic) bond motifs is 1. The van der Waals surface area contributed by atoms with Crippen LogP contribution in [0, 0.1) is 13.7 Å². The number of nitrogens with zero attached hydrogens (tertiary/aromatic N) is 1. The van der Waals surface area contributed by atoms with Crippen LogP contribution in [0.25, 0.3) is 0 Å². The summed E-state index contributed by atoms with van der Waals surface area (Å²) in [6.07, 6.45) is 4.72. The smallest absolute Gasteiger partial charge is 0.282 e. The number of aryl methyl sites for hydroxylation is 1. The fraction of sp³-hybridized carbons (Fsp3) is 0.250. The maximum Gasteiger partial charge on any atom is 0.282 e. The maximum absolute atomic E-state index is 10.9. The Morgan fingerprint density at radius 1 is 1.14 bits per heavy atom. The lowest BCUT2D eigenvalue weighted by Crippen LogP contribution is -2.06. The molecular formula is C16H15IN2O2. The van der Waals surface area contributed by atoms with Crippen LogP contribution in [-0.4, -0.2) is 4.92 Å². The molecule has 1 N–H and O–H groups in total. The summed E-state index contributed by atoms with van der Waals surface area (Å²) in [6, 6.07) is 11.5. The van der Waals surface area contributed by atoms with Gasteiger partial charge in [0.2, 0.25) is 0 Å². The second-order valence-corrected chi connectivity index (χ2v) is 6.36. The van der Waals surface area contributed by atoms with Crippen LogP contribution in [0.15, 0.2) is 36.4 Å². The molecule has 0 atom stereocenters. The van der Waals surface area contributed by atoms with Crippen molar-refractivity contribution in [1.29, 1.82) is 0 Å². The van der Waals surface area contributed by atoms with Gasteiger partial charge < -0.3 is 5.32 Å². The number of nitro groups is 1. The molecule has 5 heteroatoms. The number of hydrogen-bond donors (Lipinski definition) is 1. The van der Waals surface area contributed by atoms with Gasteiger partial charge in [-0.05, 0) is 77.6 Å². The second kappa shape index (κ2) is 6.01. The van der Waals surface area contributed by atoms with Crippen molar-refractivity contribution >= 4 is 39.7 Å². The van der Waals surface area contributed by atoms with Crippen LogP contribution in [0.4, 0.5) is 17.1 Å². The molecule has 0 fully saturated rings. The molecule has 1 aliphatic rings. The molecule has 3 rings (SSSR count). The highest BCUT2D eigenvalue weighted by molar-refractivity contribution is 14.1. The third-order valence-electron chi connectivity index (χ3n) is 3.82. The molecule has 2 aromatic carbocycles. The van der Waals surface area contributed by atoms with Gasteiger partial charge in [-0.3, -0.25) is 10.1 Å². The summed E-state index contributed by atoms with van der Waals surface area (Å²) in [5.41, 5.74) is 4.97. The first kappa shape index (κ1) is 14.3. The highest BCUT2D eigenvalue weighted by Gasteiger charge is 2.15. The summed E-state index contributed by atoms with van der Waals surface area (Å²) in [5.74, 6) is 0. The Morgan fingerprint density at radius 3 is 2.71 bits per heavy atom. The Morgan fingerprint density at radius 2 is 1.95 bits per heavy atom. The molecule has 0 amide bonds. The quantitative estimate of drug-likeness (QED) is 0.461. The Balaban J connectivity index is 1.91. The molecule has 0 spiro atoms. The van der Waals surface area contributed by atoms with Gasteiger partial charge in [-0.1, -0.05) is 12.1 Å². The van der Waals surface area contributed by atoms with Gasteiger partial charge in [0, 0.05) is 17.4 Å². The van der Waals surface area contributed by atoms with Gasteiger partial charge in [0.25, 0.3) is 5.69 Å². The molecule has 108 valence electrons. The van der Waals surface area contributed by atoms with E-state index >= 15 is 0 Å². The number of nitro benzene ring substituents is 1. The minimum absolute atomic E-state index is 0.149. The van der Waals surface area contributed by atoms with Crippen molar-refractivity contribution in [3.63, 3.8) is 0 Å². The Labute approximate surface area is 136 Å². The first-order chi connectivity index (χ1) is 10.1. The zero-order valence-corrected chi connectivity index (χ0v) is 13.6. The van der Waals surface area contributed by atoms with Gasteiger partial charge in [0.15, 0.2) is 0 Å². The van der Waals surface area contributed by atoms with E-state index in [1.165, 1.54) is 24.0 Å². The molecule has 0 radical (unpaired) electrons. The van der Waals surface area contributed by atoms with E-state index in [0.717, 1.165) is 24.2 Å². The van der Waals surface area contributed by atoms with Crippen LogP contribution >= 0.6 is 22.6 Å². The van der Waals surface area contributed by atoms with E-state index in [9.17, 15) is 10.1 Å². The molecule has 0 aromatic heterocycles. The summed E-state index contributed by atoms with van der Waals surface area (Å²) < 4.78 is 0.646. The SMILES string of the molecule is O=[N+]([O-])c1ccc(Nc2cccc3c2CCCC3)cc1I. The van der Waals surface area contributed by atoms with Gasteiger partial charge >= 0.3 is 0 Å². The lowest BCUT2D eigenvalue weighted by molar-refractivity contribution is -0.385. The first-order valence-corrected chi connectivity index (χ1v) is 8.05. The number of rotatable bonds is 3. The van der Waals surface area contributed by atoms with E-state index < -0.39 is 0 Å². The van der Waals surface area contributed by atoms with E-state index in [1.54, 1.807) is 12.1 Å². The number of benzene rings is 2. The minimum Gasteiger partial charge on any atom is -0.355 e. The van der Waals surface area contributed by atoms with Crippen molar-refractivity contribution in [1.82, 2.24) is 0 Å². The predicted molar refractivity (Wildman–Crippen MR) is 92.2 cm³/mol. The number of anilines is 2. The number of nitrogens with one attached hydrogen (secondary N) is 1. The Bertz CT molecular complexity index is 701. The van der Waals surface area contributed by atoms with E-state index in [0.29, 0.717) is 3.57 Å². The monoisotopic (exact) mass is 394 g/mol. The lowest BCUT2D eigenvalue weighted by atomic mass is 9.90. The fourth-order valence-electron chi connectivity index (χ4n) is 2.79. The summed E-state index contributed by atoms with van der Waals surface area (Å²) in [6.45, 7) is 0. The number of halogens is 1. The zero-order chi connectivity index (χ0) is 14.8. The molecule has 0 heterocycles.